The van der Waals surface area contributed by atoms with E-state index in [-0.39, 0.29) is 5.60 Å². The van der Waals surface area contributed by atoms with E-state index in [1.165, 1.54) is 19.3 Å². The number of hydrogen-bond donors (Lipinski definition) is 1. The molecule has 0 aromatic carbocycles. The van der Waals surface area contributed by atoms with Crippen LogP contribution in [-0.2, 0) is 0 Å². The third-order valence-electron chi connectivity index (χ3n) is 2.84. The van der Waals surface area contributed by atoms with Gasteiger partial charge in [-0.05, 0) is 26.9 Å². The number of nitrogens with zero attached hydrogens (tertiary/aromatic N) is 1. The largest absolute Gasteiger partial charge is 0.389 e. The standard InChI is InChI=1S/C11H23NOS/c1-12(2)8-9-14-10-11(13)6-4-3-5-7-11/h13H,3-10H2,1-2H3. The van der Waals surface area contributed by atoms with Crippen LogP contribution >= 0.6 is 11.8 Å². The van der Waals surface area contributed by atoms with Crippen LogP contribution in [0, 0.1) is 0 Å². The van der Waals surface area contributed by atoms with Gasteiger partial charge < -0.3 is 10.0 Å². The molecule has 0 aliphatic heterocycles. The summed E-state index contributed by atoms with van der Waals surface area (Å²) in [5.41, 5.74) is -0.338. The van der Waals surface area contributed by atoms with E-state index in [9.17, 15) is 5.11 Å². The highest BCUT2D eigenvalue weighted by Crippen LogP contribution is 2.30. The Morgan fingerprint density at radius 2 is 1.86 bits per heavy atom. The van der Waals surface area contributed by atoms with Crippen LogP contribution in [0.1, 0.15) is 32.1 Å². The summed E-state index contributed by atoms with van der Waals surface area (Å²) in [4.78, 5) is 2.19. The number of hydrogen-bond acceptors (Lipinski definition) is 3. The van der Waals surface area contributed by atoms with Gasteiger partial charge in [0.15, 0.2) is 0 Å². The van der Waals surface area contributed by atoms with Crippen LogP contribution in [0.3, 0.4) is 0 Å². The molecule has 0 amide bonds. The van der Waals surface area contributed by atoms with E-state index in [0.717, 1.165) is 30.9 Å². The van der Waals surface area contributed by atoms with Crippen molar-refractivity contribution in [2.24, 2.45) is 0 Å². The van der Waals surface area contributed by atoms with Crippen molar-refractivity contribution in [3.05, 3.63) is 0 Å². The minimum absolute atomic E-state index is 0.338. The Kier molecular flexibility index (Phi) is 5.28. The van der Waals surface area contributed by atoms with Crippen molar-refractivity contribution in [1.82, 2.24) is 4.90 Å². The van der Waals surface area contributed by atoms with E-state index in [0.29, 0.717) is 0 Å². The Labute approximate surface area is 92.1 Å². The first-order chi connectivity index (χ1) is 6.62. The Hall–Kier alpha value is 0.270. The highest BCUT2D eigenvalue weighted by atomic mass is 32.2. The molecule has 1 aliphatic rings. The van der Waals surface area contributed by atoms with Crippen LogP contribution in [0.4, 0.5) is 0 Å². The van der Waals surface area contributed by atoms with Crippen molar-refractivity contribution in [1.29, 1.82) is 0 Å². The van der Waals surface area contributed by atoms with Gasteiger partial charge in [-0.25, -0.2) is 0 Å². The molecule has 0 atom stereocenters. The summed E-state index contributed by atoms with van der Waals surface area (Å²) in [6.45, 7) is 1.11. The lowest BCUT2D eigenvalue weighted by molar-refractivity contribution is 0.0273. The Bertz CT molecular complexity index is 155. The summed E-state index contributed by atoms with van der Waals surface area (Å²) in [6.07, 6.45) is 5.77. The summed E-state index contributed by atoms with van der Waals surface area (Å²) < 4.78 is 0. The topological polar surface area (TPSA) is 23.5 Å². The molecule has 1 fully saturated rings. The molecule has 3 heteroatoms. The van der Waals surface area contributed by atoms with E-state index in [1.54, 1.807) is 0 Å². The Morgan fingerprint density at radius 3 is 2.43 bits per heavy atom. The van der Waals surface area contributed by atoms with Crippen LogP contribution in [0.25, 0.3) is 0 Å². The predicted molar refractivity (Wildman–Crippen MR) is 63.9 cm³/mol. The molecule has 14 heavy (non-hydrogen) atoms. The van der Waals surface area contributed by atoms with Gasteiger partial charge in [-0.3, -0.25) is 0 Å². The lowest BCUT2D eigenvalue weighted by Crippen LogP contribution is -2.34. The van der Waals surface area contributed by atoms with Crippen LogP contribution < -0.4 is 0 Å². The number of rotatable bonds is 5. The molecule has 0 bridgehead atoms. The van der Waals surface area contributed by atoms with Gasteiger partial charge in [0.2, 0.25) is 0 Å². The van der Waals surface area contributed by atoms with E-state index in [2.05, 4.69) is 19.0 Å². The fourth-order valence-electron chi connectivity index (χ4n) is 1.86. The molecule has 1 aliphatic carbocycles. The number of aliphatic hydroxyl groups is 1. The van der Waals surface area contributed by atoms with Gasteiger partial charge in [0, 0.05) is 18.1 Å². The van der Waals surface area contributed by atoms with Crippen LogP contribution in [0.5, 0.6) is 0 Å². The van der Waals surface area contributed by atoms with Gasteiger partial charge in [0.25, 0.3) is 0 Å². The van der Waals surface area contributed by atoms with Gasteiger partial charge in [-0.2, -0.15) is 11.8 Å². The molecule has 0 aromatic heterocycles. The van der Waals surface area contributed by atoms with Crippen molar-refractivity contribution in [3.8, 4) is 0 Å². The second kappa shape index (κ2) is 5.99. The van der Waals surface area contributed by atoms with Crippen molar-refractivity contribution in [2.75, 3.05) is 32.1 Å². The quantitative estimate of drug-likeness (QED) is 0.712. The zero-order valence-electron chi connectivity index (χ0n) is 9.46. The summed E-state index contributed by atoms with van der Waals surface area (Å²) >= 11 is 1.90. The van der Waals surface area contributed by atoms with Gasteiger partial charge in [-0.1, -0.05) is 19.3 Å². The normalized spacial score (nSPS) is 21.4. The highest BCUT2D eigenvalue weighted by molar-refractivity contribution is 7.99. The lowest BCUT2D eigenvalue weighted by atomic mass is 9.86. The summed E-state index contributed by atoms with van der Waals surface area (Å²) in [7, 11) is 4.19. The second-order valence-corrected chi connectivity index (χ2v) is 5.75. The molecule has 0 heterocycles. The molecule has 1 rings (SSSR count). The van der Waals surface area contributed by atoms with E-state index < -0.39 is 0 Å². The third-order valence-corrected chi connectivity index (χ3v) is 4.05. The molecular weight excluding hydrogens is 194 g/mol. The predicted octanol–water partition coefficient (Wildman–Crippen LogP) is 1.98. The van der Waals surface area contributed by atoms with E-state index >= 15 is 0 Å². The van der Waals surface area contributed by atoms with Gasteiger partial charge >= 0.3 is 0 Å². The van der Waals surface area contributed by atoms with Gasteiger partial charge in [0.05, 0.1) is 5.60 Å². The monoisotopic (exact) mass is 217 g/mol. The molecular formula is C11H23NOS. The first-order valence-electron chi connectivity index (χ1n) is 5.57. The molecule has 0 radical (unpaired) electrons. The van der Waals surface area contributed by atoms with Gasteiger partial charge in [0.1, 0.15) is 0 Å². The maximum Gasteiger partial charge on any atom is 0.0737 e. The van der Waals surface area contributed by atoms with E-state index in [4.69, 9.17) is 0 Å². The van der Waals surface area contributed by atoms with Crippen molar-refractivity contribution in [3.63, 3.8) is 0 Å². The van der Waals surface area contributed by atoms with Crippen molar-refractivity contribution >= 4 is 11.8 Å². The molecule has 0 spiro atoms. The highest BCUT2D eigenvalue weighted by Gasteiger charge is 2.28. The average molecular weight is 217 g/mol. The molecule has 1 N–H and O–H groups in total. The molecule has 0 unspecified atom stereocenters. The van der Waals surface area contributed by atoms with Crippen LogP contribution in [-0.4, -0.2) is 47.8 Å². The van der Waals surface area contributed by atoms with Crippen LogP contribution in [0.15, 0.2) is 0 Å². The smallest absolute Gasteiger partial charge is 0.0737 e. The average Bonchev–Trinajstić information content (AvgIpc) is 2.14. The third kappa shape index (κ3) is 4.67. The fourth-order valence-corrected chi connectivity index (χ4v) is 3.17. The summed E-state index contributed by atoms with van der Waals surface area (Å²) in [6, 6.07) is 0. The maximum absolute atomic E-state index is 10.2. The zero-order valence-corrected chi connectivity index (χ0v) is 10.3. The second-order valence-electron chi connectivity index (χ2n) is 4.64. The summed E-state index contributed by atoms with van der Waals surface area (Å²) in [5, 5.41) is 10.2. The maximum atomic E-state index is 10.2. The van der Waals surface area contributed by atoms with Gasteiger partial charge in [-0.15, -0.1) is 0 Å². The molecule has 0 saturated heterocycles. The Balaban J connectivity index is 2.09. The van der Waals surface area contributed by atoms with E-state index in [1.807, 2.05) is 11.8 Å². The number of thioether (sulfide) groups is 1. The minimum Gasteiger partial charge on any atom is -0.389 e. The van der Waals surface area contributed by atoms with Crippen LogP contribution in [0.2, 0.25) is 0 Å². The zero-order chi connectivity index (χ0) is 10.4. The van der Waals surface area contributed by atoms with Crippen molar-refractivity contribution in [2.45, 2.75) is 37.7 Å². The SMILES string of the molecule is CN(C)CCSCC1(O)CCCCC1. The van der Waals surface area contributed by atoms with Crippen molar-refractivity contribution < 1.29 is 5.11 Å². The minimum atomic E-state index is -0.338. The lowest BCUT2D eigenvalue weighted by Gasteiger charge is -2.31. The molecule has 2 nitrogen and oxygen atoms in total. The Morgan fingerprint density at radius 1 is 1.21 bits per heavy atom. The first kappa shape index (κ1) is 12.3. The fraction of sp³-hybridized carbons (Fsp3) is 1.00. The molecule has 1 saturated carbocycles. The first-order valence-corrected chi connectivity index (χ1v) is 6.73. The molecule has 0 aromatic rings. The summed E-state index contributed by atoms with van der Waals surface area (Å²) in [5.74, 6) is 2.07. The molecule has 84 valence electrons.